The zero-order valence-electron chi connectivity index (χ0n) is 13.3. The summed E-state index contributed by atoms with van der Waals surface area (Å²) < 4.78 is 7.10. The van der Waals surface area contributed by atoms with E-state index in [1.165, 1.54) is 0 Å². The number of hydrogen-bond donors (Lipinski definition) is 1. The first kappa shape index (κ1) is 15.7. The van der Waals surface area contributed by atoms with Crippen molar-refractivity contribution in [2.24, 2.45) is 0 Å². The Morgan fingerprint density at radius 3 is 2.70 bits per heavy atom. The third-order valence-electron chi connectivity index (χ3n) is 4.27. The topological polar surface area (TPSA) is 67.6 Å². The number of aliphatic hydroxyl groups excluding tert-OH is 1. The second-order valence-electron chi connectivity index (χ2n) is 5.90. The molecule has 6 nitrogen and oxygen atoms in total. The van der Waals surface area contributed by atoms with Crippen LogP contribution in [0.2, 0.25) is 0 Å². The highest BCUT2D eigenvalue weighted by Gasteiger charge is 2.35. The average Bonchev–Trinajstić information content (AvgIpc) is 3.20. The summed E-state index contributed by atoms with van der Waals surface area (Å²) in [5.41, 5.74) is 2.59. The molecule has 0 unspecified atom stereocenters. The van der Waals surface area contributed by atoms with Gasteiger partial charge in [-0.3, -0.25) is 4.79 Å². The normalized spacial score (nSPS) is 20.9. The molecular formula is C17H21N3O3. The third kappa shape index (κ3) is 3.13. The van der Waals surface area contributed by atoms with Crippen molar-refractivity contribution in [1.29, 1.82) is 0 Å². The van der Waals surface area contributed by atoms with Gasteiger partial charge in [-0.25, -0.2) is 4.68 Å². The van der Waals surface area contributed by atoms with Gasteiger partial charge in [0.15, 0.2) is 0 Å². The highest BCUT2D eigenvalue weighted by molar-refractivity contribution is 5.94. The molecule has 1 fully saturated rings. The largest absolute Gasteiger partial charge is 0.394 e. The minimum Gasteiger partial charge on any atom is -0.394 e. The maximum atomic E-state index is 12.7. The summed E-state index contributed by atoms with van der Waals surface area (Å²) in [6.45, 7) is 2.45. The van der Waals surface area contributed by atoms with E-state index in [0.717, 1.165) is 11.3 Å². The molecule has 2 aromatic rings. The van der Waals surface area contributed by atoms with E-state index in [-0.39, 0.29) is 24.7 Å². The zero-order chi connectivity index (χ0) is 16.4. The van der Waals surface area contributed by atoms with E-state index >= 15 is 0 Å². The Kier molecular flexibility index (Phi) is 4.45. The van der Waals surface area contributed by atoms with E-state index in [0.29, 0.717) is 18.5 Å². The van der Waals surface area contributed by atoms with Gasteiger partial charge in [-0.15, -0.1) is 0 Å². The molecule has 23 heavy (non-hydrogen) atoms. The van der Waals surface area contributed by atoms with Crippen LogP contribution in [0.3, 0.4) is 0 Å². The predicted octanol–water partition coefficient (Wildman–Crippen LogP) is 1.40. The molecule has 122 valence electrons. The number of amides is 1. The molecule has 0 radical (unpaired) electrons. The zero-order valence-corrected chi connectivity index (χ0v) is 13.3. The van der Waals surface area contributed by atoms with Crippen LogP contribution < -0.4 is 0 Å². The Morgan fingerprint density at radius 2 is 2.13 bits per heavy atom. The quantitative estimate of drug-likeness (QED) is 0.926. The fraction of sp³-hybridized carbons (Fsp3) is 0.412. The Hall–Kier alpha value is -2.18. The fourth-order valence-electron chi connectivity index (χ4n) is 2.94. The van der Waals surface area contributed by atoms with Gasteiger partial charge < -0.3 is 14.7 Å². The van der Waals surface area contributed by atoms with Crippen LogP contribution in [-0.4, -0.2) is 58.1 Å². The molecule has 2 atom stereocenters. The molecule has 0 bridgehead atoms. The number of aromatic nitrogens is 2. The first-order valence-corrected chi connectivity index (χ1v) is 7.68. The molecule has 1 aliphatic rings. The summed E-state index contributed by atoms with van der Waals surface area (Å²) in [4.78, 5) is 14.4. The van der Waals surface area contributed by atoms with Crippen LogP contribution in [-0.2, 0) is 4.74 Å². The van der Waals surface area contributed by atoms with Crippen LogP contribution in [0.1, 0.15) is 22.3 Å². The lowest BCUT2D eigenvalue weighted by molar-refractivity contribution is 0.0648. The molecule has 0 saturated carbocycles. The molecule has 1 aromatic carbocycles. The summed E-state index contributed by atoms with van der Waals surface area (Å²) in [5.74, 6) is -0.0770. The van der Waals surface area contributed by atoms with Crippen molar-refractivity contribution >= 4 is 5.91 Å². The number of carbonyl (C=O) groups excluding carboxylic acids is 1. The first-order valence-electron chi connectivity index (χ1n) is 7.68. The van der Waals surface area contributed by atoms with Crippen LogP contribution >= 0.6 is 0 Å². The number of methoxy groups -OCH3 is 1. The second-order valence-corrected chi connectivity index (χ2v) is 5.90. The lowest BCUT2D eigenvalue weighted by Crippen LogP contribution is -2.38. The van der Waals surface area contributed by atoms with Gasteiger partial charge in [0.1, 0.15) is 0 Å². The molecule has 0 aliphatic carbocycles. The molecule has 1 saturated heterocycles. The smallest absolute Gasteiger partial charge is 0.254 e. The van der Waals surface area contributed by atoms with Gasteiger partial charge in [-0.05, 0) is 43.2 Å². The van der Waals surface area contributed by atoms with E-state index in [9.17, 15) is 9.90 Å². The van der Waals surface area contributed by atoms with Gasteiger partial charge in [0, 0.05) is 25.4 Å². The average molecular weight is 315 g/mol. The number of hydrogen-bond acceptors (Lipinski definition) is 4. The lowest BCUT2D eigenvalue weighted by Gasteiger charge is -2.22. The minimum atomic E-state index is -0.180. The van der Waals surface area contributed by atoms with Gasteiger partial charge in [0.2, 0.25) is 0 Å². The van der Waals surface area contributed by atoms with Gasteiger partial charge in [0.05, 0.1) is 30.6 Å². The molecule has 2 heterocycles. The maximum Gasteiger partial charge on any atom is 0.254 e. The van der Waals surface area contributed by atoms with Gasteiger partial charge >= 0.3 is 0 Å². The first-order chi connectivity index (χ1) is 11.1. The van der Waals surface area contributed by atoms with Crippen molar-refractivity contribution in [3.63, 3.8) is 0 Å². The molecular weight excluding hydrogens is 294 g/mol. The number of carbonyl (C=O) groups is 1. The molecule has 1 aromatic heterocycles. The summed E-state index contributed by atoms with van der Waals surface area (Å²) in [6, 6.07) is 7.16. The molecule has 1 amide bonds. The minimum absolute atomic E-state index is 0.0116. The molecule has 0 spiro atoms. The number of aliphatic hydroxyl groups is 1. The molecule has 1 aliphatic heterocycles. The second kappa shape index (κ2) is 6.52. The van der Waals surface area contributed by atoms with Crippen molar-refractivity contribution in [1.82, 2.24) is 14.7 Å². The van der Waals surface area contributed by atoms with Crippen LogP contribution in [0.25, 0.3) is 5.69 Å². The number of rotatable bonds is 4. The Balaban J connectivity index is 1.77. The summed E-state index contributed by atoms with van der Waals surface area (Å²) in [5, 5.41) is 13.7. The van der Waals surface area contributed by atoms with Crippen molar-refractivity contribution in [2.75, 3.05) is 20.3 Å². The van der Waals surface area contributed by atoms with E-state index in [1.54, 1.807) is 35.0 Å². The number of aryl methyl sites for hydroxylation is 1. The van der Waals surface area contributed by atoms with Crippen molar-refractivity contribution < 1.29 is 14.6 Å². The number of likely N-dealkylation sites (tertiary alicyclic amines) is 1. The molecule has 3 rings (SSSR count). The highest BCUT2D eigenvalue weighted by Crippen LogP contribution is 2.22. The number of nitrogens with zero attached hydrogens (tertiary/aromatic N) is 3. The Labute approximate surface area is 135 Å². The molecule has 1 N–H and O–H groups in total. The van der Waals surface area contributed by atoms with Crippen molar-refractivity contribution in [3.05, 3.63) is 47.8 Å². The van der Waals surface area contributed by atoms with Crippen LogP contribution in [0.4, 0.5) is 0 Å². The van der Waals surface area contributed by atoms with Gasteiger partial charge in [-0.1, -0.05) is 0 Å². The Morgan fingerprint density at radius 1 is 1.39 bits per heavy atom. The summed E-state index contributed by atoms with van der Waals surface area (Å²) >= 11 is 0. The van der Waals surface area contributed by atoms with E-state index in [4.69, 9.17) is 4.74 Å². The third-order valence-corrected chi connectivity index (χ3v) is 4.27. The highest BCUT2D eigenvalue weighted by atomic mass is 16.5. The van der Waals surface area contributed by atoms with Crippen LogP contribution in [0.15, 0.2) is 36.7 Å². The number of benzene rings is 1. The SMILES string of the molecule is CO[C@H]1C[C@@H](CO)N(C(=O)c2ccc(-n3cc(C)cn3)cc2)C1. The van der Waals surface area contributed by atoms with E-state index in [2.05, 4.69) is 5.10 Å². The fourth-order valence-corrected chi connectivity index (χ4v) is 2.94. The van der Waals surface area contributed by atoms with E-state index in [1.807, 2.05) is 25.3 Å². The standard InChI is InChI=1S/C17H21N3O3/c1-12-8-18-20(9-12)14-5-3-13(4-6-14)17(22)19-10-16(23-2)7-15(19)11-21/h3-6,8-9,15-16,21H,7,10-11H2,1-2H3/t15-,16-/m0/s1. The predicted molar refractivity (Wildman–Crippen MR) is 85.6 cm³/mol. The molecule has 6 heteroatoms. The van der Waals surface area contributed by atoms with Crippen molar-refractivity contribution in [2.45, 2.75) is 25.5 Å². The monoisotopic (exact) mass is 315 g/mol. The van der Waals surface area contributed by atoms with Gasteiger partial charge in [-0.2, -0.15) is 5.10 Å². The van der Waals surface area contributed by atoms with E-state index < -0.39 is 0 Å². The Bertz CT molecular complexity index is 681. The van der Waals surface area contributed by atoms with Gasteiger partial charge in [0.25, 0.3) is 5.91 Å². The maximum absolute atomic E-state index is 12.7. The van der Waals surface area contributed by atoms with Crippen LogP contribution in [0, 0.1) is 6.92 Å². The summed E-state index contributed by atoms with van der Waals surface area (Å²) in [7, 11) is 1.63. The van der Waals surface area contributed by atoms with Crippen LogP contribution in [0.5, 0.6) is 0 Å². The number of ether oxygens (including phenoxy) is 1. The van der Waals surface area contributed by atoms with Crippen molar-refractivity contribution in [3.8, 4) is 5.69 Å². The summed E-state index contributed by atoms with van der Waals surface area (Å²) in [6.07, 6.45) is 4.38. The lowest BCUT2D eigenvalue weighted by atomic mass is 10.1.